The predicted molar refractivity (Wildman–Crippen MR) is 118 cm³/mol. The van der Waals surface area contributed by atoms with Crippen LogP contribution in [0.1, 0.15) is 25.3 Å². The number of aromatic hydroxyl groups is 3. The Bertz CT molecular complexity index is 1230. The molecule has 0 atom stereocenters. The minimum absolute atomic E-state index is 0.0112. The Morgan fingerprint density at radius 2 is 1.84 bits per heavy atom. The zero-order valence-electron chi connectivity index (χ0n) is 17.5. The number of phenols is 2. The highest BCUT2D eigenvalue weighted by Gasteiger charge is 2.21. The fourth-order valence-electron chi connectivity index (χ4n) is 3.71. The second-order valence-corrected chi connectivity index (χ2v) is 7.61. The first kappa shape index (κ1) is 20.7. The van der Waals surface area contributed by atoms with Crippen molar-refractivity contribution in [2.24, 2.45) is 0 Å². The van der Waals surface area contributed by atoms with Gasteiger partial charge in [0.1, 0.15) is 11.5 Å². The summed E-state index contributed by atoms with van der Waals surface area (Å²) in [7, 11) is 0. The summed E-state index contributed by atoms with van der Waals surface area (Å²) in [6, 6.07) is 10.4. The van der Waals surface area contributed by atoms with Gasteiger partial charge in [0, 0.05) is 36.3 Å². The molecule has 4 aromatic rings. The topological polar surface area (TPSA) is 106 Å². The van der Waals surface area contributed by atoms with Crippen LogP contribution < -0.4 is 0 Å². The summed E-state index contributed by atoms with van der Waals surface area (Å²) < 4.78 is 8.89. The average molecular weight is 421 g/mol. The van der Waals surface area contributed by atoms with Crippen LogP contribution in [0.5, 0.6) is 17.5 Å². The summed E-state index contributed by atoms with van der Waals surface area (Å²) >= 11 is 0. The molecule has 8 heteroatoms. The molecule has 161 valence electrons. The van der Waals surface area contributed by atoms with E-state index in [9.17, 15) is 15.3 Å². The maximum atomic E-state index is 10.5. The van der Waals surface area contributed by atoms with E-state index in [2.05, 4.69) is 21.7 Å². The smallest absolute Gasteiger partial charge is 0.319 e. The minimum atomic E-state index is -0.295. The largest absolute Gasteiger partial charge is 0.508 e. The molecule has 0 aliphatic rings. The van der Waals surface area contributed by atoms with Crippen LogP contribution in [0.3, 0.4) is 0 Å². The van der Waals surface area contributed by atoms with E-state index in [4.69, 9.17) is 4.74 Å². The van der Waals surface area contributed by atoms with Gasteiger partial charge in [-0.05, 0) is 48.7 Å². The normalized spacial score (nSPS) is 11.6. The number of hydrogen-bond acceptors (Lipinski definition) is 6. The fraction of sp³-hybridized carbons (Fsp3) is 0.261. The lowest BCUT2D eigenvalue weighted by Gasteiger charge is -2.14. The van der Waals surface area contributed by atoms with Crippen molar-refractivity contribution in [1.29, 1.82) is 0 Å². The van der Waals surface area contributed by atoms with Gasteiger partial charge in [0.2, 0.25) is 0 Å². The molecule has 2 aromatic carbocycles. The van der Waals surface area contributed by atoms with Crippen molar-refractivity contribution in [3.05, 3.63) is 55.1 Å². The number of benzene rings is 2. The van der Waals surface area contributed by atoms with Gasteiger partial charge >= 0.3 is 6.01 Å². The van der Waals surface area contributed by atoms with E-state index in [0.717, 1.165) is 10.9 Å². The summed E-state index contributed by atoms with van der Waals surface area (Å²) in [5.41, 5.74) is 2.71. The first-order chi connectivity index (χ1) is 14.9. The van der Waals surface area contributed by atoms with Crippen molar-refractivity contribution in [1.82, 2.24) is 19.3 Å². The van der Waals surface area contributed by atoms with E-state index in [-0.39, 0.29) is 29.3 Å². The maximum absolute atomic E-state index is 10.5. The Morgan fingerprint density at radius 3 is 2.58 bits per heavy atom. The standard InChI is InChI=1S/C23H25N4O4/c1-4-31-10-9-26-8-7-15-11-16(5-6-19(15)26)27-22(24-25-23(27)30)18-12-17(14(2)3)20(28)13-21(18)29/h5-8,11-14,28-29H,1,4,9-10H2,2-3H3,(H,25,30). The Kier molecular flexibility index (Phi) is 5.56. The minimum Gasteiger partial charge on any atom is -0.508 e. The van der Waals surface area contributed by atoms with E-state index in [0.29, 0.717) is 36.6 Å². The van der Waals surface area contributed by atoms with Crippen molar-refractivity contribution in [3.8, 4) is 34.6 Å². The van der Waals surface area contributed by atoms with Crippen molar-refractivity contribution >= 4 is 10.9 Å². The Balaban J connectivity index is 1.78. The lowest BCUT2D eigenvalue weighted by Crippen LogP contribution is -2.04. The molecule has 4 rings (SSSR count). The maximum Gasteiger partial charge on any atom is 0.319 e. The molecule has 0 unspecified atom stereocenters. The SMILES string of the molecule is [CH2]COCCn1ccc2cc(-n3c(O)nnc3-c3cc(C(C)C)c(O)cc3O)ccc21. The molecule has 0 amide bonds. The Labute approximate surface area is 180 Å². The van der Waals surface area contributed by atoms with Crippen LogP contribution in [0.4, 0.5) is 0 Å². The van der Waals surface area contributed by atoms with E-state index in [1.807, 2.05) is 44.3 Å². The molecule has 0 aliphatic carbocycles. The molecule has 31 heavy (non-hydrogen) atoms. The van der Waals surface area contributed by atoms with Gasteiger partial charge in [0.15, 0.2) is 5.82 Å². The van der Waals surface area contributed by atoms with Gasteiger partial charge in [-0.2, -0.15) is 0 Å². The third-order valence-corrected chi connectivity index (χ3v) is 5.29. The highest BCUT2D eigenvalue weighted by Crippen LogP contribution is 2.39. The van der Waals surface area contributed by atoms with Gasteiger partial charge in [0.25, 0.3) is 0 Å². The molecule has 0 saturated carbocycles. The fourth-order valence-corrected chi connectivity index (χ4v) is 3.71. The van der Waals surface area contributed by atoms with E-state index >= 15 is 0 Å². The van der Waals surface area contributed by atoms with Gasteiger partial charge in [-0.3, -0.25) is 0 Å². The van der Waals surface area contributed by atoms with Crippen LogP contribution in [0.25, 0.3) is 28.0 Å². The van der Waals surface area contributed by atoms with Crippen LogP contribution in [0.2, 0.25) is 0 Å². The summed E-state index contributed by atoms with van der Waals surface area (Å²) in [4.78, 5) is 0. The van der Waals surface area contributed by atoms with Gasteiger partial charge in [-0.25, -0.2) is 4.57 Å². The van der Waals surface area contributed by atoms with Crippen molar-refractivity contribution in [3.63, 3.8) is 0 Å². The molecule has 0 bridgehead atoms. The monoisotopic (exact) mass is 421 g/mol. The summed E-state index contributed by atoms with van der Waals surface area (Å²) in [5, 5.41) is 39.9. The van der Waals surface area contributed by atoms with Gasteiger partial charge in [-0.1, -0.05) is 18.9 Å². The molecule has 0 fully saturated rings. The van der Waals surface area contributed by atoms with Crippen LogP contribution in [0.15, 0.2) is 42.6 Å². The first-order valence-corrected chi connectivity index (χ1v) is 10.1. The van der Waals surface area contributed by atoms with E-state index in [1.54, 1.807) is 6.07 Å². The number of nitrogens with zero attached hydrogens (tertiary/aromatic N) is 4. The van der Waals surface area contributed by atoms with Gasteiger partial charge in [0.05, 0.1) is 17.9 Å². The highest BCUT2D eigenvalue weighted by molar-refractivity contribution is 5.83. The quantitative estimate of drug-likeness (QED) is 0.390. The number of fused-ring (bicyclic) bond motifs is 1. The molecular formula is C23H25N4O4. The zero-order chi connectivity index (χ0) is 22.1. The molecule has 0 spiro atoms. The third kappa shape index (κ3) is 3.82. The number of aromatic nitrogens is 4. The molecule has 0 aliphatic heterocycles. The Morgan fingerprint density at radius 1 is 1.03 bits per heavy atom. The second-order valence-electron chi connectivity index (χ2n) is 7.61. The van der Waals surface area contributed by atoms with E-state index < -0.39 is 0 Å². The average Bonchev–Trinajstić information content (AvgIpc) is 3.31. The van der Waals surface area contributed by atoms with Gasteiger partial charge < -0.3 is 24.6 Å². The van der Waals surface area contributed by atoms with Crippen LogP contribution >= 0.6 is 0 Å². The number of phenolic OH excluding ortho intramolecular Hbond substituents is 2. The van der Waals surface area contributed by atoms with Crippen LogP contribution in [-0.2, 0) is 11.3 Å². The predicted octanol–water partition coefficient (Wildman–Crippen LogP) is 3.98. The summed E-state index contributed by atoms with van der Waals surface area (Å²) in [6.45, 7) is 9.27. The first-order valence-electron chi connectivity index (χ1n) is 10.1. The number of hydrogen-bond donors (Lipinski definition) is 3. The lowest BCUT2D eigenvalue weighted by atomic mass is 9.98. The lowest BCUT2D eigenvalue weighted by molar-refractivity contribution is 0.152. The molecule has 2 heterocycles. The van der Waals surface area contributed by atoms with Gasteiger partial charge in [-0.15, -0.1) is 5.10 Å². The van der Waals surface area contributed by atoms with Crippen LogP contribution in [-0.4, -0.2) is 47.9 Å². The molecular weight excluding hydrogens is 396 g/mol. The second kappa shape index (κ2) is 8.31. The highest BCUT2D eigenvalue weighted by atomic mass is 16.5. The number of rotatable bonds is 7. The molecule has 2 aromatic heterocycles. The van der Waals surface area contributed by atoms with Crippen LogP contribution in [0, 0.1) is 6.92 Å². The summed E-state index contributed by atoms with van der Waals surface area (Å²) in [5.74, 6) is 0.178. The van der Waals surface area contributed by atoms with Crippen molar-refractivity contribution in [2.45, 2.75) is 26.3 Å². The zero-order valence-corrected chi connectivity index (χ0v) is 17.5. The molecule has 8 nitrogen and oxygen atoms in total. The Hall–Kier alpha value is -3.52. The molecule has 0 saturated heterocycles. The van der Waals surface area contributed by atoms with Crippen molar-refractivity contribution < 1.29 is 20.1 Å². The van der Waals surface area contributed by atoms with Crippen molar-refractivity contribution in [2.75, 3.05) is 13.2 Å². The third-order valence-electron chi connectivity index (χ3n) is 5.29. The molecule has 3 N–H and O–H groups in total. The number of ether oxygens (including phenoxy) is 1. The molecule has 1 radical (unpaired) electrons. The summed E-state index contributed by atoms with van der Waals surface area (Å²) in [6.07, 6.45) is 1.98. The van der Waals surface area contributed by atoms with E-state index in [1.165, 1.54) is 10.6 Å².